The number of aliphatic hydroxyl groups is 1. The Labute approximate surface area is 149 Å². The normalized spacial score (nSPS) is 12.2. The van der Waals surface area contributed by atoms with Crippen LogP contribution in [0.25, 0.3) is 0 Å². The molecule has 0 spiro atoms. The quantitative estimate of drug-likeness (QED) is 0.162. The predicted octanol–water partition coefficient (Wildman–Crippen LogP) is -2.32. The fourth-order valence-corrected chi connectivity index (χ4v) is 1.83. The Kier molecular flexibility index (Phi) is 11.5. The van der Waals surface area contributed by atoms with E-state index in [1.807, 2.05) is 0 Å². The van der Waals surface area contributed by atoms with Gasteiger partial charge >= 0.3 is 23.9 Å². The maximum atomic E-state index is 11.7. The Morgan fingerprint density at radius 1 is 0.840 bits per heavy atom. The summed E-state index contributed by atoms with van der Waals surface area (Å²) in [6.07, 6.45) is 0. The zero-order valence-electron chi connectivity index (χ0n) is 13.4. The number of carbonyl (C=O) groups is 4. The molecule has 0 aromatic rings. The van der Waals surface area contributed by atoms with Crippen LogP contribution in [0.3, 0.4) is 0 Å². The summed E-state index contributed by atoms with van der Waals surface area (Å²) in [5.74, 6) is -4.40. The number of aliphatic carboxylic acids is 3. The van der Waals surface area contributed by atoms with Crippen LogP contribution in [0.2, 0.25) is 0 Å². The van der Waals surface area contributed by atoms with E-state index in [9.17, 15) is 19.2 Å². The van der Waals surface area contributed by atoms with E-state index in [0.717, 1.165) is 4.90 Å². The minimum absolute atomic E-state index is 0.0493. The van der Waals surface area contributed by atoms with Crippen LogP contribution in [-0.2, 0) is 23.9 Å². The van der Waals surface area contributed by atoms with Gasteiger partial charge in [0.1, 0.15) is 6.61 Å². The molecule has 0 saturated heterocycles. The standard InChI is InChI=1S/C13H22N2O9S/c16-7-9(25)8-24-13(23)6-15(5-12(21)22)2-1-14(3-10(17)18)4-11(19)20/h9,16,25H,1-8H2,(H,17,18)(H,19,20)(H,21,22). The lowest BCUT2D eigenvalue weighted by Crippen LogP contribution is -2.43. The lowest BCUT2D eigenvalue weighted by Gasteiger charge is -2.24. The predicted molar refractivity (Wildman–Crippen MR) is 86.6 cm³/mol. The van der Waals surface area contributed by atoms with Gasteiger partial charge in [-0.1, -0.05) is 0 Å². The van der Waals surface area contributed by atoms with Gasteiger partial charge in [0.2, 0.25) is 0 Å². The van der Waals surface area contributed by atoms with E-state index in [-0.39, 0.29) is 32.8 Å². The van der Waals surface area contributed by atoms with E-state index in [1.54, 1.807) is 0 Å². The van der Waals surface area contributed by atoms with E-state index in [1.165, 1.54) is 4.90 Å². The van der Waals surface area contributed by atoms with Gasteiger partial charge in [-0.05, 0) is 0 Å². The molecule has 0 bridgehead atoms. The van der Waals surface area contributed by atoms with Gasteiger partial charge < -0.3 is 25.2 Å². The summed E-state index contributed by atoms with van der Waals surface area (Å²) < 4.78 is 4.83. The Morgan fingerprint density at radius 2 is 1.24 bits per heavy atom. The minimum Gasteiger partial charge on any atom is -0.480 e. The van der Waals surface area contributed by atoms with E-state index in [4.69, 9.17) is 25.2 Å². The van der Waals surface area contributed by atoms with E-state index < -0.39 is 48.8 Å². The molecule has 0 saturated carbocycles. The number of carboxylic acid groups (broad SMARTS) is 3. The number of aliphatic hydroxyl groups excluding tert-OH is 1. The number of nitrogens with zero attached hydrogens (tertiary/aromatic N) is 2. The lowest BCUT2D eigenvalue weighted by molar-refractivity contribution is -0.148. The van der Waals surface area contributed by atoms with Gasteiger partial charge in [0.15, 0.2) is 0 Å². The third-order valence-corrected chi connectivity index (χ3v) is 3.12. The molecule has 1 unspecified atom stereocenters. The first kappa shape index (κ1) is 23.1. The van der Waals surface area contributed by atoms with Gasteiger partial charge in [-0.3, -0.25) is 29.0 Å². The molecule has 0 rings (SSSR count). The molecule has 0 aromatic carbocycles. The summed E-state index contributed by atoms with van der Waals surface area (Å²) in [4.78, 5) is 46.3. The van der Waals surface area contributed by atoms with Crippen molar-refractivity contribution in [3.8, 4) is 0 Å². The number of carbonyl (C=O) groups excluding carboxylic acids is 1. The second-order valence-electron chi connectivity index (χ2n) is 5.12. The molecule has 4 N–H and O–H groups in total. The fraction of sp³-hybridized carbons (Fsp3) is 0.692. The molecule has 0 fully saturated rings. The number of rotatable bonds is 14. The van der Waals surface area contributed by atoms with E-state index in [2.05, 4.69) is 12.6 Å². The Bertz CT molecular complexity index is 458. The summed E-state index contributed by atoms with van der Waals surface area (Å²) in [6, 6.07) is 0. The van der Waals surface area contributed by atoms with Gasteiger partial charge in [-0.2, -0.15) is 12.6 Å². The van der Waals surface area contributed by atoms with Crippen molar-refractivity contribution < 1.29 is 44.3 Å². The average molecular weight is 382 g/mol. The number of carboxylic acids is 3. The van der Waals surface area contributed by atoms with E-state index in [0.29, 0.717) is 0 Å². The van der Waals surface area contributed by atoms with Gasteiger partial charge in [-0.25, -0.2) is 0 Å². The van der Waals surface area contributed by atoms with Gasteiger partial charge in [-0.15, -0.1) is 0 Å². The SMILES string of the molecule is O=C(O)CN(CCN(CC(=O)O)CC(=O)OCC(S)CO)CC(=O)O. The molecule has 25 heavy (non-hydrogen) atoms. The molecule has 0 aliphatic rings. The molecule has 11 nitrogen and oxygen atoms in total. The van der Waals surface area contributed by atoms with Gasteiger partial charge in [0.25, 0.3) is 0 Å². The van der Waals surface area contributed by atoms with Crippen molar-refractivity contribution in [3.63, 3.8) is 0 Å². The molecule has 0 aliphatic carbocycles. The van der Waals surface area contributed by atoms with Crippen molar-refractivity contribution in [2.45, 2.75) is 5.25 Å². The van der Waals surface area contributed by atoms with Crippen molar-refractivity contribution in [1.29, 1.82) is 0 Å². The zero-order valence-corrected chi connectivity index (χ0v) is 14.3. The number of hydrogen-bond donors (Lipinski definition) is 5. The molecule has 0 amide bonds. The molecular formula is C13H22N2O9S. The molecular weight excluding hydrogens is 360 g/mol. The highest BCUT2D eigenvalue weighted by Gasteiger charge is 2.19. The minimum atomic E-state index is -1.23. The Balaban J connectivity index is 4.62. The largest absolute Gasteiger partial charge is 0.480 e. The highest BCUT2D eigenvalue weighted by Crippen LogP contribution is 1.98. The summed E-state index contributed by atoms with van der Waals surface area (Å²) in [7, 11) is 0. The molecule has 0 aromatic heterocycles. The molecule has 144 valence electrons. The fourth-order valence-electron chi connectivity index (χ4n) is 1.75. The first-order valence-electron chi connectivity index (χ1n) is 7.18. The second-order valence-corrected chi connectivity index (χ2v) is 5.85. The number of ether oxygens (including phenoxy) is 1. The van der Waals surface area contributed by atoms with Crippen LogP contribution in [0, 0.1) is 0 Å². The van der Waals surface area contributed by atoms with Crippen LogP contribution in [0.1, 0.15) is 0 Å². The van der Waals surface area contributed by atoms with Crippen molar-refractivity contribution >= 4 is 36.5 Å². The summed E-state index contributed by atoms with van der Waals surface area (Å²) in [5, 5.41) is 34.6. The highest BCUT2D eigenvalue weighted by molar-refractivity contribution is 7.81. The van der Waals surface area contributed by atoms with E-state index >= 15 is 0 Å². The molecule has 12 heteroatoms. The number of esters is 1. The number of hydrogen-bond acceptors (Lipinski definition) is 9. The third kappa shape index (κ3) is 13.1. The van der Waals surface area contributed by atoms with Crippen molar-refractivity contribution in [3.05, 3.63) is 0 Å². The molecule has 1 atom stereocenters. The van der Waals surface area contributed by atoms with Gasteiger partial charge in [0, 0.05) is 13.1 Å². The zero-order chi connectivity index (χ0) is 19.4. The number of thiol groups is 1. The Morgan fingerprint density at radius 3 is 1.60 bits per heavy atom. The van der Waals surface area contributed by atoms with Crippen LogP contribution in [-0.4, -0.2) is 112 Å². The highest BCUT2D eigenvalue weighted by atomic mass is 32.1. The van der Waals surface area contributed by atoms with Crippen LogP contribution in [0.15, 0.2) is 0 Å². The average Bonchev–Trinajstić information content (AvgIpc) is 2.48. The first-order chi connectivity index (χ1) is 11.6. The van der Waals surface area contributed by atoms with Crippen LogP contribution in [0.4, 0.5) is 0 Å². The Hall–Kier alpha value is -1.89. The van der Waals surface area contributed by atoms with Crippen molar-refractivity contribution in [2.24, 2.45) is 0 Å². The van der Waals surface area contributed by atoms with Crippen LogP contribution < -0.4 is 0 Å². The topological polar surface area (TPSA) is 165 Å². The second kappa shape index (κ2) is 12.5. The third-order valence-electron chi connectivity index (χ3n) is 2.81. The first-order valence-corrected chi connectivity index (χ1v) is 7.70. The lowest BCUT2D eigenvalue weighted by atomic mass is 10.4. The maximum Gasteiger partial charge on any atom is 0.320 e. The summed E-state index contributed by atoms with van der Waals surface area (Å²) in [6.45, 7) is -2.51. The maximum absolute atomic E-state index is 11.7. The molecule has 0 heterocycles. The van der Waals surface area contributed by atoms with Crippen molar-refractivity contribution in [2.75, 3.05) is 52.5 Å². The monoisotopic (exact) mass is 382 g/mol. The smallest absolute Gasteiger partial charge is 0.320 e. The van der Waals surface area contributed by atoms with Crippen molar-refractivity contribution in [1.82, 2.24) is 9.80 Å². The van der Waals surface area contributed by atoms with Crippen LogP contribution in [0.5, 0.6) is 0 Å². The van der Waals surface area contributed by atoms with Gasteiger partial charge in [0.05, 0.1) is 38.0 Å². The summed E-state index contributed by atoms with van der Waals surface area (Å²) in [5.41, 5.74) is 0. The molecule has 0 aliphatic heterocycles. The van der Waals surface area contributed by atoms with Crippen LogP contribution >= 0.6 is 12.6 Å². The molecule has 0 radical (unpaired) electrons. The summed E-state index contributed by atoms with van der Waals surface area (Å²) >= 11 is 3.93.